The molecule has 0 spiro atoms. The molecule has 194 valence electrons. The van der Waals surface area contributed by atoms with Crippen LogP contribution in [-0.4, -0.2) is 68.0 Å². The standard InChI is InChI=1S/C23H28ClN4.F6P/c24-21(19-25-11-15-27(16-12-25)22-7-3-1-4-8-22)20-26-13-17-28(18-14-26)23-9-5-2-6-10-23;1-7(2,3,4,5)6/h1-10,19-20H,11-18H2;/q+1;-1. The second-order valence-electron chi connectivity index (χ2n) is 8.32. The Labute approximate surface area is 205 Å². The molecule has 0 bridgehead atoms. The summed E-state index contributed by atoms with van der Waals surface area (Å²) in [6.45, 7) is 8.12. The molecular formula is C23H28ClF6N4P. The second-order valence-corrected chi connectivity index (χ2v) is 10.7. The molecule has 0 saturated carbocycles. The van der Waals surface area contributed by atoms with Crippen LogP contribution in [0.2, 0.25) is 0 Å². The van der Waals surface area contributed by atoms with Crippen molar-refractivity contribution in [3.63, 3.8) is 0 Å². The molecule has 2 saturated heterocycles. The van der Waals surface area contributed by atoms with Crippen LogP contribution in [0.3, 0.4) is 0 Å². The molecule has 0 atom stereocenters. The van der Waals surface area contributed by atoms with Crippen molar-refractivity contribution >= 4 is 37.0 Å². The third kappa shape index (κ3) is 11.2. The molecule has 0 amide bonds. The molecule has 0 aliphatic carbocycles. The first-order valence-electron chi connectivity index (χ1n) is 11.1. The third-order valence-electron chi connectivity index (χ3n) is 5.48. The number of benzene rings is 2. The van der Waals surface area contributed by atoms with Crippen LogP contribution in [0.1, 0.15) is 0 Å². The van der Waals surface area contributed by atoms with Gasteiger partial charge < -0.3 is 14.7 Å². The Kier molecular flexibility index (Phi) is 7.96. The van der Waals surface area contributed by atoms with Crippen molar-refractivity contribution in [1.29, 1.82) is 0 Å². The van der Waals surface area contributed by atoms with Gasteiger partial charge in [0.15, 0.2) is 19.3 Å². The molecule has 12 heteroatoms. The molecule has 2 aromatic carbocycles. The van der Waals surface area contributed by atoms with Crippen LogP contribution in [0.15, 0.2) is 71.9 Å². The van der Waals surface area contributed by atoms with E-state index in [4.69, 9.17) is 11.6 Å². The zero-order valence-corrected chi connectivity index (χ0v) is 20.6. The summed E-state index contributed by atoms with van der Waals surface area (Å²) in [5.74, 6) is 0. The topological polar surface area (TPSA) is 12.7 Å². The second kappa shape index (κ2) is 10.3. The Morgan fingerprint density at radius 1 is 0.686 bits per heavy atom. The van der Waals surface area contributed by atoms with E-state index in [2.05, 4.69) is 92.4 Å². The number of halogens is 7. The first-order chi connectivity index (χ1) is 16.2. The van der Waals surface area contributed by atoms with Crippen molar-refractivity contribution in [2.75, 3.05) is 62.2 Å². The predicted molar refractivity (Wildman–Crippen MR) is 132 cm³/mol. The molecule has 2 fully saturated rings. The summed E-state index contributed by atoms with van der Waals surface area (Å²) in [5.41, 5.74) is 2.61. The number of hydrogen-bond acceptors (Lipinski definition) is 3. The van der Waals surface area contributed by atoms with E-state index in [0.29, 0.717) is 0 Å². The maximum absolute atomic E-state index is 10.7. The van der Waals surface area contributed by atoms with E-state index in [1.54, 1.807) is 0 Å². The number of anilines is 2. The molecule has 0 N–H and O–H groups in total. The molecule has 4 nitrogen and oxygen atoms in total. The molecule has 2 aliphatic rings. The van der Waals surface area contributed by atoms with E-state index >= 15 is 0 Å². The number of piperazine rings is 2. The van der Waals surface area contributed by atoms with Crippen LogP contribution in [-0.2, 0) is 0 Å². The SMILES string of the molecule is Cl/C(C=[N+]1CCN(c2ccccc2)CC1)=C\N1CCN(c2ccccc2)CC1.F[P-](F)(F)(F)(F)F. The van der Waals surface area contributed by atoms with E-state index in [9.17, 15) is 25.2 Å². The number of para-hydroxylation sites is 2. The number of hydrogen-bond donors (Lipinski definition) is 0. The van der Waals surface area contributed by atoms with Gasteiger partial charge in [-0.05, 0) is 24.3 Å². The van der Waals surface area contributed by atoms with Crippen LogP contribution in [0.4, 0.5) is 36.6 Å². The van der Waals surface area contributed by atoms with Gasteiger partial charge in [0.25, 0.3) is 0 Å². The van der Waals surface area contributed by atoms with Gasteiger partial charge in [0.1, 0.15) is 5.03 Å². The van der Waals surface area contributed by atoms with Crippen molar-refractivity contribution in [2.24, 2.45) is 0 Å². The van der Waals surface area contributed by atoms with Crippen LogP contribution in [0.25, 0.3) is 0 Å². The zero-order valence-electron chi connectivity index (χ0n) is 19.0. The van der Waals surface area contributed by atoms with Crippen LogP contribution in [0, 0.1) is 0 Å². The van der Waals surface area contributed by atoms with E-state index in [-0.39, 0.29) is 0 Å². The summed E-state index contributed by atoms with van der Waals surface area (Å²) < 4.78 is 61.5. The zero-order chi connectivity index (χ0) is 25.6. The predicted octanol–water partition coefficient (Wildman–Crippen LogP) is 6.87. The molecule has 2 heterocycles. The van der Waals surface area contributed by atoms with Gasteiger partial charge >= 0.3 is 33.0 Å². The average Bonchev–Trinajstić information content (AvgIpc) is 2.79. The summed E-state index contributed by atoms with van der Waals surface area (Å²) >= 11 is 6.55. The third-order valence-corrected chi connectivity index (χ3v) is 5.68. The van der Waals surface area contributed by atoms with Crippen molar-refractivity contribution < 1.29 is 29.8 Å². The van der Waals surface area contributed by atoms with E-state index in [0.717, 1.165) is 57.4 Å². The van der Waals surface area contributed by atoms with Gasteiger partial charge in [0, 0.05) is 43.8 Å². The van der Waals surface area contributed by atoms with Crippen LogP contribution < -0.4 is 9.80 Å². The Morgan fingerprint density at radius 2 is 1.09 bits per heavy atom. The van der Waals surface area contributed by atoms with Gasteiger partial charge in [-0.25, -0.2) is 4.58 Å². The molecule has 35 heavy (non-hydrogen) atoms. The van der Waals surface area contributed by atoms with Gasteiger partial charge in [0.2, 0.25) is 0 Å². The molecule has 2 aromatic rings. The Bertz CT molecular complexity index is 1000. The summed E-state index contributed by atoms with van der Waals surface area (Å²) in [7, 11) is -10.7. The fourth-order valence-electron chi connectivity index (χ4n) is 3.88. The Balaban J connectivity index is 0.000000429. The molecule has 0 radical (unpaired) electrons. The minimum atomic E-state index is -10.7. The average molecular weight is 541 g/mol. The van der Waals surface area contributed by atoms with Crippen molar-refractivity contribution in [1.82, 2.24) is 4.90 Å². The summed E-state index contributed by atoms with van der Waals surface area (Å²) in [6.07, 6.45) is 4.21. The number of allylic oxidation sites excluding steroid dienone is 1. The number of rotatable bonds is 4. The first kappa shape index (κ1) is 27.1. The summed E-state index contributed by atoms with van der Waals surface area (Å²) in [6, 6.07) is 21.3. The maximum atomic E-state index is 9.87. The monoisotopic (exact) mass is 540 g/mol. The van der Waals surface area contributed by atoms with E-state index in [1.807, 2.05) is 0 Å². The molecular weight excluding hydrogens is 513 g/mol. The van der Waals surface area contributed by atoms with Crippen LogP contribution in [0.5, 0.6) is 0 Å². The van der Waals surface area contributed by atoms with Gasteiger partial charge in [-0.1, -0.05) is 48.0 Å². The van der Waals surface area contributed by atoms with Crippen molar-refractivity contribution in [3.05, 3.63) is 71.9 Å². The molecule has 2 aliphatic heterocycles. The fourth-order valence-corrected chi connectivity index (χ4v) is 4.15. The Morgan fingerprint density at radius 3 is 1.51 bits per heavy atom. The van der Waals surface area contributed by atoms with Crippen molar-refractivity contribution in [2.45, 2.75) is 0 Å². The van der Waals surface area contributed by atoms with Crippen molar-refractivity contribution in [3.8, 4) is 0 Å². The van der Waals surface area contributed by atoms with Gasteiger partial charge in [-0.15, -0.1) is 0 Å². The van der Waals surface area contributed by atoms with Gasteiger partial charge in [-0.2, -0.15) is 0 Å². The molecule has 4 rings (SSSR count). The van der Waals surface area contributed by atoms with E-state index in [1.165, 1.54) is 11.4 Å². The normalized spacial score (nSPS) is 19.3. The number of nitrogens with zero attached hydrogens (tertiary/aromatic N) is 4. The first-order valence-corrected chi connectivity index (χ1v) is 13.5. The summed E-state index contributed by atoms with van der Waals surface area (Å²) in [5, 5.41) is 0.821. The summed E-state index contributed by atoms with van der Waals surface area (Å²) in [4.78, 5) is 7.20. The van der Waals surface area contributed by atoms with Gasteiger partial charge in [0.05, 0.1) is 13.1 Å². The van der Waals surface area contributed by atoms with E-state index < -0.39 is 7.81 Å². The van der Waals surface area contributed by atoms with Gasteiger partial charge in [-0.3, -0.25) is 0 Å². The van der Waals surface area contributed by atoms with Crippen LogP contribution >= 0.6 is 19.4 Å². The quantitative estimate of drug-likeness (QED) is 0.238. The minimum absolute atomic E-state index is 0.821. The fraction of sp³-hybridized carbons (Fsp3) is 0.348. The Hall–Kier alpha value is -2.45. The molecule has 0 unspecified atom stereocenters. The molecule has 0 aromatic heterocycles.